The number of esters is 4. The van der Waals surface area contributed by atoms with Crippen molar-refractivity contribution in [1.82, 2.24) is 0 Å². The van der Waals surface area contributed by atoms with Crippen LogP contribution in [-0.4, -0.2) is 96.7 Å². The van der Waals surface area contributed by atoms with Crippen LogP contribution in [0.4, 0.5) is 0 Å². The molecule has 0 aromatic carbocycles. The molecular formula is C71H134O17P2. The van der Waals surface area contributed by atoms with Gasteiger partial charge in [0.2, 0.25) is 0 Å². The molecule has 0 saturated carbocycles. The Labute approximate surface area is 548 Å². The summed E-state index contributed by atoms with van der Waals surface area (Å²) in [6.45, 7) is 9.47. The van der Waals surface area contributed by atoms with Crippen molar-refractivity contribution in [1.29, 1.82) is 0 Å². The van der Waals surface area contributed by atoms with E-state index >= 15 is 0 Å². The van der Waals surface area contributed by atoms with Gasteiger partial charge in [0.05, 0.1) is 26.4 Å². The van der Waals surface area contributed by atoms with Crippen molar-refractivity contribution < 1.29 is 80.2 Å². The molecule has 0 fully saturated rings. The Morgan fingerprint density at radius 2 is 0.656 bits per heavy atom. The Kier molecular flexibility index (Phi) is 60.9. The fourth-order valence-corrected chi connectivity index (χ4v) is 11.8. The van der Waals surface area contributed by atoms with E-state index in [1.54, 1.807) is 0 Å². The van der Waals surface area contributed by atoms with Gasteiger partial charge in [-0.2, -0.15) is 0 Å². The lowest BCUT2D eigenvalue weighted by atomic mass is 9.99. The molecule has 0 aromatic heterocycles. The van der Waals surface area contributed by atoms with Gasteiger partial charge in [-0.15, -0.1) is 0 Å². The molecule has 0 heterocycles. The van der Waals surface area contributed by atoms with E-state index in [0.717, 1.165) is 115 Å². The summed E-state index contributed by atoms with van der Waals surface area (Å²) >= 11 is 0. The SMILES string of the molecule is CCCCCC/C=C\C=C/CCCCCCCC(=O)O[C@H](COC(=O)CCCCCCCCCCCCCC(C)C)COP(=O)(O)OC[C@@H](O)COP(=O)(O)OC[C@@H](COC(=O)CCCCCCCCCCC)OC(=O)CCCCCCCCCCC(C)CC. The number of aliphatic hydroxyl groups excluding tert-OH is 1. The number of allylic oxidation sites excluding steroid dienone is 4. The first-order valence-electron chi connectivity index (χ1n) is 36.3. The molecule has 3 N–H and O–H groups in total. The van der Waals surface area contributed by atoms with Gasteiger partial charge in [0.25, 0.3) is 0 Å². The molecule has 0 radical (unpaired) electrons. The second-order valence-corrected chi connectivity index (χ2v) is 28.6. The summed E-state index contributed by atoms with van der Waals surface area (Å²) in [5, 5.41) is 10.6. The highest BCUT2D eigenvalue weighted by atomic mass is 31.2. The third-order valence-electron chi connectivity index (χ3n) is 16.2. The number of hydrogen-bond donors (Lipinski definition) is 3. The van der Waals surface area contributed by atoms with Crippen LogP contribution in [0.25, 0.3) is 0 Å². The predicted molar refractivity (Wildman–Crippen MR) is 363 cm³/mol. The van der Waals surface area contributed by atoms with Crippen LogP contribution in [0.3, 0.4) is 0 Å². The first-order valence-corrected chi connectivity index (χ1v) is 39.3. The van der Waals surface area contributed by atoms with E-state index < -0.39 is 97.5 Å². The maximum Gasteiger partial charge on any atom is 0.472 e. The normalized spacial score (nSPS) is 14.6. The fourth-order valence-electron chi connectivity index (χ4n) is 10.2. The average Bonchev–Trinajstić information content (AvgIpc) is 3.65. The van der Waals surface area contributed by atoms with Crippen LogP contribution >= 0.6 is 15.6 Å². The Bertz CT molecular complexity index is 1850. The van der Waals surface area contributed by atoms with E-state index in [1.807, 2.05) is 0 Å². The Morgan fingerprint density at radius 1 is 0.367 bits per heavy atom. The molecule has 0 amide bonds. The standard InChI is InChI=1S/C71H134O17P2/c1-7-10-12-14-16-18-19-20-21-22-25-30-37-43-49-55-70(75)87-66(60-82-69(74)54-48-42-36-29-26-23-24-28-33-39-45-51-63(4)5)61-85-89(77,78)83-57-65(72)58-84-90(79,80)86-62-67(59-81-68(73)53-47-41-35-27-17-15-13-11-8-2)88-71(76)56-50-44-38-32-31-34-40-46-52-64(6)9-3/h18-21,63-67,72H,7-17,22-62H2,1-6H3,(H,77,78)(H,79,80)/b19-18-,21-20-/t64?,65-,66-,67-/m1/s1. The van der Waals surface area contributed by atoms with Gasteiger partial charge in [-0.05, 0) is 63.2 Å². The van der Waals surface area contributed by atoms with Crippen LogP contribution in [0.5, 0.6) is 0 Å². The maximum atomic E-state index is 13.0. The van der Waals surface area contributed by atoms with Crippen molar-refractivity contribution >= 4 is 39.5 Å². The number of phosphoric ester groups is 2. The number of aliphatic hydroxyl groups is 1. The summed E-state index contributed by atoms with van der Waals surface area (Å²) in [4.78, 5) is 72.5. The highest BCUT2D eigenvalue weighted by Crippen LogP contribution is 2.45. The third kappa shape index (κ3) is 63.0. The molecule has 0 aliphatic rings. The van der Waals surface area contributed by atoms with Crippen LogP contribution in [-0.2, 0) is 65.4 Å². The fraction of sp³-hybridized carbons (Fsp3) is 0.887. The van der Waals surface area contributed by atoms with Crippen LogP contribution in [0.15, 0.2) is 24.3 Å². The van der Waals surface area contributed by atoms with Gasteiger partial charge in [0, 0.05) is 25.7 Å². The van der Waals surface area contributed by atoms with E-state index in [9.17, 15) is 43.2 Å². The van der Waals surface area contributed by atoms with Gasteiger partial charge in [-0.1, -0.05) is 284 Å². The molecule has 0 aliphatic heterocycles. The number of carbonyl (C=O) groups excluding carboxylic acids is 4. The number of ether oxygens (including phenoxy) is 4. The third-order valence-corrected chi connectivity index (χ3v) is 18.1. The van der Waals surface area contributed by atoms with Gasteiger partial charge in [-0.25, -0.2) is 9.13 Å². The summed E-state index contributed by atoms with van der Waals surface area (Å²) < 4.78 is 68.2. The molecule has 17 nitrogen and oxygen atoms in total. The Morgan fingerprint density at radius 3 is 1.00 bits per heavy atom. The second-order valence-electron chi connectivity index (χ2n) is 25.7. The van der Waals surface area contributed by atoms with Crippen molar-refractivity contribution in [2.24, 2.45) is 11.8 Å². The van der Waals surface area contributed by atoms with Gasteiger partial charge in [-0.3, -0.25) is 37.3 Å². The Hall–Kier alpha value is -2.46. The maximum absolute atomic E-state index is 13.0. The van der Waals surface area contributed by atoms with Crippen LogP contribution in [0.1, 0.15) is 337 Å². The van der Waals surface area contributed by atoms with Crippen molar-refractivity contribution in [2.45, 2.75) is 355 Å². The molecule has 3 unspecified atom stereocenters. The lowest BCUT2D eigenvalue weighted by molar-refractivity contribution is -0.161. The highest BCUT2D eigenvalue weighted by Gasteiger charge is 2.30. The summed E-state index contributed by atoms with van der Waals surface area (Å²) in [6.07, 6.45) is 50.7. The predicted octanol–water partition coefficient (Wildman–Crippen LogP) is 19.9. The topological polar surface area (TPSA) is 237 Å². The minimum atomic E-state index is -4.96. The zero-order chi connectivity index (χ0) is 66.5. The summed E-state index contributed by atoms with van der Waals surface area (Å²) in [7, 11) is -9.91. The largest absolute Gasteiger partial charge is 0.472 e. The molecule has 0 aromatic rings. The first-order chi connectivity index (χ1) is 43.4. The minimum Gasteiger partial charge on any atom is -0.462 e. The molecular weight excluding hydrogens is 1190 g/mol. The molecule has 0 rings (SSSR count). The molecule has 6 atom stereocenters. The van der Waals surface area contributed by atoms with Crippen LogP contribution in [0, 0.1) is 11.8 Å². The van der Waals surface area contributed by atoms with Crippen molar-refractivity contribution in [3.63, 3.8) is 0 Å². The second kappa shape index (κ2) is 62.6. The average molecular weight is 1320 g/mol. The summed E-state index contributed by atoms with van der Waals surface area (Å²) in [5.74, 6) is -0.619. The molecule has 0 saturated heterocycles. The molecule has 19 heteroatoms. The number of hydrogen-bond acceptors (Lipinski definition) is 15. The monoisotopic (exact) mass is 1320 g/mol. The van der Waals surface area contributed by atoms with Gasteiger partial charge >= 0.3 is 39.5 Å². The van der Waals surface area contributed by atoms with E-state index in [2.05, 4.69) is 65.8 Å². The first kappa shape index (κ1) is 87.5. The van der Waals surface area contributed by atoms with Crippen LogP contribution in [0.2, 0.25) is 0 Å². The summed E-state index contributed by atoms with van der Waals surface area (Å²) in [6, 6.07) is 0. The van der Waals surface area contributed by atoms with E-state index in [-0.39, 0.29) is 25.7 Å². The summed E-state index contributed by atoms with van der Waals surface area (Å²) in [5.41, 5.74) is 0. The van der Waals surface area contributed by atoms with Gasteiger partial charge < -0.3 is 33.8 Å². The van der Waals surface area contributed by atoms with E-state index in [0.29, 0.717) is 25.7 Å². The van der Waals surface area contributed by atoms with Gasteiger partial charge in [0.1, 0.15) is 19.3 Å². The van der Waals surface area contributed by atoms with E-state index in [1.165, 1.54) is 141 Å². The highest BCUT2D eigenvalue weighted by molar-refractivity contribution is 7.47. The number of rotatable bonds is 68. The molecule has 530 valence electrons. The molecule has 0 aliphatic carbocycles. The molecule has 90 heavy (non-hydrogen) atoms. The number of unbranched alkanes of at least 4 members (excludes halogenated alkanes) is 34. The molecule has 0 bridgehead atoms. The lowest BCUT2D eigenvalue weighted by Crippen LogP contribution is -2.30. The number of carbonyl (C=O) groups is 4. The Balaban J connectivity index is 5.29. The van der Waals surface area contributed by atoms with Crippen LogP contribution < -0.4 is 0 Å². The van der Waals surface area contributed by atoms with E-state index in [4.69, 9.17) is 37.0 Å². The van der Waals surface area contributed by atoms with Gasteiger partial charge in [0.15, 0.2) is 12.2 Å². The van der Waals surface area contributed by atoms with Crippen molar-refractivity contribution in [2.75, 3.05) is 39.6 Å². The van der Waals surface area contributed by atoms with Crippen molar-refractivity contribution in [3.05, 3.63) is 24.3 Å². The minimum absolute atomic E-state index is 0.0847. The smallest absolute Gasteiger partial charge is 0.462 e. The quantitative estimate of drug-likeness (QED) is 0.0169. The number of phosphoric acid groups is 2. The zero-order valence-corrected chi connectivity index (χ0v) is 59.7. The molecule has 0 spiro atoms. The van der Waals surface area contributed by atoms with Crippen molar-refractivity contribution in [3.8, 4) is 0 Å². The lowest BCUT2D eigenvalue weighted by Gasteiger charge is -2.21. The zero-order valence-electron chi connectivity index (χ0n) is 57.9.